The second-order valence-electron chi connectivity index (χ2n) is 37.6. The van der Waals surface area contributed by atoms with Crippen LogP contribution in [0, 0.1) is 0 Å². The largest absolute Gasteiger partial charge is 0.508 e. The highest BCUT2D eigenvalue weighted by Gasteiger charge is 2.63. The summed E-state index contributed by atoms with van der Waals surface area (Å²) in [5.41, 5.74) is -2.15. The van der Waals surface area contributed by atoms with E-state index in [2.05, 4.69) is 68.8 Å². The molecule has 44 heteroatoms. The lowest BCUT2D eigenvalue weighted by Crippen LogP contribution is -2.66. The zero-order valence-corrected chi connectivity index (χ0v) is 82.5. The number of likely N-dealkylation sites (N-methyl/N-ethyl adjacent to an activating group) is 1. The summed E-state index contributed by atoms with van der Waals surface area (Å²) in [7, 11) is 2.83. The van der Waals surface area contributed by atoms with Gasteiger partial charge in [-0.2, -0.15) is 0 Å². The van der Waals surface area contributed by atoms with Crippen molar-refractivity contribution in [2.24, 2.45) is 0 Å². The number of carbonyl (C=O) groups excluding carboxylic acids is 9. The Bertz CT molecular complexity index is 5840. The summed E-state index contributed by atoms with van der Waals surface area (Å²) in [4.78, 5) is 145. The number of aliphatic hydroxyl groups excluding tert-OH is 7. The number of amides is 8. The van der Waals surface area contributed by atoms with E-state index in [0.717, 1.165) is 133 Å². The van der Waals surface area contributed by atoms with Gasteiger partial charge < -0.3 is 142 Å². The first-order chi connectivity index (χ1) is 69.2. The molecular weight excluding hydrogens is 1930 g/mol. The Labute approximate surface area is 840 Å². The number of phenols is 3. The van der Waals surface area contributed by atoms with E-state index in [1.54, 1.807) is 14.1 Å². The van der Waals surface area contributed by atoms with Crippen LogP contribution in [0.1, 0.15) is 185 Å². The fourth-order valence-electron chi connectivity index (χ4n) is 19.7. The normalized spacial score (nSPS) is 26.4. The van der Waals surface area contributed by atoms with E-state index in [0.29, 0.717) is 70.6 Å². The molecule has 0 aliphatic carbocycles. The maximum atomic E-state index is 17.4. The van der Waals surface area contributed by atoms with Gasteiger partial charge in [0.1, 0.15) is 126 Å². The number of nitrogens with one attached hydrogen (secondary N) is 9. The number of esters is 1. The number of aliphatic hydroxyl groups is 7. The molecule has 0 radical (unpaired) electrons. The quantitative estimate of drug-likeness (QED) is 0.0145. The molecular formula is C100H123Cl2N13O28P+. The summed E-state index contributed by atoms with van der Waals surface area (Å²) >= 11 is 15.5. The summed E-state index contributed by atoms with van der Waals surface area (Å²) in [6.45, 7) is 5.19. The maximum absolute atomic E-state index is 17.4. The van der Waals surface area contributed by atoms with Gasteiger partial charge in [0.25, 0.3) is 0 Å². The number of hydrogen-bond donors (Lipinski definition) is 19. The predicted octanol–water partition coefficient (Wildman–Crippen LogP) is 6.65. The summed E-state index contributed by atoms with van der Waals surface area (Å²) in [6, 6.07) is 7.80. The van der Waals surface area contributed by atoms with Crippen LogP contribution < -0.4 is 76.1 Å². The van der Waals surface area contributed by atoms with E-state index in [1.807, 2.05) is 4.90 Å². The van der Waals surface area contributed by atoms with Crippen LogP contribution in [0.2, 0.25) is 10.0 Å². The Morgan fingerprint density at radius 1 is 0.542 bits per heavy atom. The van der Waals surface area contributed by atoms with E-state index in [9.17, 15) is 60.7 Å². The first-order valence-corrected chi connectivity index (χ1v) is 51.0. The highest BCUT2D eigenvalue weighted by molar-refractivity contribution is 7.64. The predicted molar refractivity (Wildman–Crippen MR) is 520 cm³/mol. The molecule has 144 heavy (non-hydrogen) atoms. The minimum absolute atomic E-state index is 0.0704. The van der Waals surface area contributed by atoms with Crippen LogP contribution >= 0.6 is 31.1 Å². The topological polar surface area (TPSA) is 560 Å². The molecule has 19 N–H and O–H groups in total. The SMILES string of the molecule is CCCCCCCCCCC(=O)N[C@H]1[C@H](Oc2c3cc4cc2Oc2ccc(cc2Cl)[C@@H](O)[C@@H]2NC(=O)[C@H](NC(=O)[C@@H]4NC(=O)[C@H]4NC(=O)[C@@H](Cc5ccc(cc5)O3)NC(=O)[C@@H](NC)c3ccc(O)c(c3)Oc3cc(O[P+](N5CCCC5)(N5CCCC5)N5CCCC5)c(Cl)c4c3)c3ccc(O)c(c3)-c3c(O[C@H]4O[C@H](CO)[C@@H](O)[C@H](O)[C@@H]4O)cc(O)cc3[C@H](C(=O)NCCCN(C)C)NC2=O)O[C@H](C(=O)OC)[C@@H](O)[C@@H]1O. The standard InChI is InChI=1S/C100H122Cl2N13O28P/c1-6-7-8-9-10-11-12-13-21-73(120)106-82-85(123)87(125)90(98(134)135-5)142-99(82)141-89-70-44-55-45-71(89)138-66-31-26-54(42-62(66)101)83(121)81-97(133)110-79(92(128)104-32-20-33-112(3)4)60-46-56(117)47-68(139-100-88(126)86(124)84(122)72(50-116)140-100)74(60)59-41-52(24-29-64(59)118)77(94(130)111-81)107-95(131)78(55)108-96(132)80-61-48-58(49-69(75(61)102)143-144(113-34-14-15-35-113,114-36-16-17-37-114)115-38-18-19-39-115)137-67-43-53(25-30-65(67)119)76(103-2)93(129)105-63(91(127)109-80)40-51-22-27-57(136-70)28-23-51/h22-31,41-49,63,72,76-88,90,99-100,103,116,121-126H,6-21,32-40,50H2,1-5H3,(H10-,104,105,106,107,108,109,110,111,117,118,119,120,127,128,129,130,131,132,133)/p+1/t63-,72-,76+,77-,78-,79-,80+,81+,82-,83-,84-,85-,86+,87+,88+,90+,99-,100+/m1/s1. The van der Waals surface area contributed by atoms with Crippen molar-refractivity contribution in [3.05, 3.63) is 164 Å². The van der Waals surface area contributed by atoms with Gasteiger partial charge >= 0.3 is 13.9 Å². The van der Waals surface area contributed by atoms with Gasteiger partial charge in [-0.1, -0.05) is 105 Å². The van der Waals surface area contributed by atoms with Gasteiger partial charge in [0.15, 0.2) is 29.1 Å². The van der Waals surface area contributed by atoms with Crippen LogP contribution in [0.15, 0.2) is 115 Å². The van der Waals surface area contributed by atoms with Crippen molar-refractivity contribution in [3.8, 4) is 80.1 Å². The van der Waals surface area contributed by atoms with Crippen LogP contribution in [-0.4, -0.2) is 284 Å². The average molecular weight is 2060 g/mol. The van der Waals surface area contributed by atoms with Crippen molar-refractivity contribution in [2.45, 2.75) is 226 Å². The third kappa shape index (κ3) is 23.0. The first-order valence-electron chi connectivity index (χ1n) is 48.7. The monoisotopic (exact) mass is 2050 g/mol. The van der Waals surface area contributed by atoms with Crippen molar-refractivity contribution < 1.29 is 137 Å². The van der Waals surface area contributed by atoms with E-state index in [-0.39, 0.29) is 75.4 Å². The number of aromatic hydroxyl groups is 3. The third-order valence-electron chi connectivity index (χ3n) is 27.3. The molecule has 8 amide bonds. The van der Waals surface area contributed by atoms with Gasteiger partial charge in [-0.15, -0.1) is 14.0 Å². The highest BCUT2D eigenvalue weighted by atomic mass is 35.5. The molecule has 41 nitrogen and oxygen atoms in total. The lowest BCUT2D eigenvalue weighted by atomic mass is 9.89. The molecule has 0 spiro atoms. The first kappa shape index (κ1) is 105. The van der Waals surface area contributed by atoms with Crippen molar-refractivity contribution >= 4 is 84.4 Å². The molecule has 5 fully saturated rings. The fourth-order valence-corrected chi connectivity index (χ4v) is 24.5. The van der Waals surface area contributed by atoms with Crippen LogP contribution in [-0.2, 0) is 63.8 Å². The molecule has 0 saturated carbocycles. The smallest absolute Gasteiger partial charge is 0.417 e. The summed E-state index contributed by atoms with van der Waals surface area (Å²) < 4.78 is 66.1. The molecule has 0 aromatic heterocycles. The Hall–Kier alpha value is -11.6. The van der Waals surface area contributed by atoms with Crippen molar-refractivity contribution in [1.82, 2.24) is 66.8 Å². The minimum atomic E-state index is -3.21. The minimum Gasteiger partial charge on any atom is -0.508 e. The highest BCUT2D eigenvalue weighted by Crippen LogP contribution is 2.71. The average Bonchev–Trinajstić information content (AvgIpc) is 1.62. The van der Waals surface area contributed by atoms with Crippen LogP contribution in [0.3, 0.4) is 0 Å². The number of hydrogen-bond acceptors (Lipinski definition) is 33. The van der Waals surface area contributed by atoms with Gasteiger partial charge in [-0.25, -0.2) is 4.79 Å². The molecule has 17 bridgehead atoms. The lowest BCUT2D eigenvalue weighted by molar-refractivity contribution is -0.277. The lowest BCUT2D eigenvalue weighted by Gasteiger charge is -2.41. The Morgan fingerprint density at radius 3 is 1.81 bits per heavy atom. The van der Waals surface area contributed by atoms with Gasteiger partial charge in [0, 0.05) is 87.5 Å². The number of methoxy groups -OCH3 is 1. The number of rotatable bonds is 27. The van der Waals surface area contributed by atoms with E-state index in [1.165, 1.54) is 73.8 Å². The van der Waals surface area contributed by atoms with Gasteiger partial charge in [0.2, 0.25) is 71.3 Å². The van der Waals surface area contributed by atoms with E-state index < -0.39 is 245 Å². The summed E-state index contributed by atoms with van der Waals surface area (Å²) in [5.74, 6) is -15.5. The number of unbranched alkanes of at least 4 members (excludes halogenated alkanes) is 7. The molecule has 0 unspecified atom stereocenters. The number of carbonyl (C=O) groups is 9. The van der Waals surface area contributed by atoms with Gasteiger partial charge in [0.05, 0.1) is 23.8 Å². The number of nitrogens with zero attached hydrogens (tertiary/aromatic N) is 4. The van der Waals surface area contributed by atoms with Crippen LogP contribution in [0.4, 0.5) is 0 Å². The zero-order chi connectivity index (χ0) is 102. The Balaban J connectivity index is 0.936. The molecule has 18 atom stereocenters. The molecule has 7 aromatic carbocycles. The van der Waals surface area contributed by atoms with Crippen molar-refractivity contribution in [2.75, 3.05) is 87.2 Å². The molecule has 11 aliphatic rings. The van der Waals surface area contributed by atoms with Crippen molar-refractivity contribution in [1.29, 1.82) is 0 Å². The molecule has 774 valence electrons. The summed E-state index contributed by atoms with van der Waals surface area (Å²) in [5, 5.41) is 143. The molecule has 18 rings (SSSR count). The molecule has 11 heterocycles. The number of benzene rings is 7. The van der Waals surface area contributed by atoms with Crippen LogP contribution in [0.25, 0.3) is 11.1 Å². The third-order valence-corrected chi connectivity index (χ3v) is 31.9. The summed E-state index contributed by atoms with van der Waals surface area (Å²) in [6.07, 6.45) is -9.04. The van der Waals surface area contributed by atoms with E-state index in [4.69, 9.17) is 65.6 Å². The molecule has 7 aromatic rings. The fraction of sp³-hybridized carbons (Fsp3) is 0.490. The molecule has 11 aliphatic heterocycles. The number of halogens is 2. The second-order valence-corrected chi connectivity index (χ2v) is 41.3. The number of ether oxygens (including phenoxy) is 8. The zero-order valence-electron chi connectivity index (χ0n) is 80.1. The van der Waals surface area contributed by atoms with Crippen LogP contribution in [0.5, 0.6) is 69.0 Å². The van der Waals surface area contributed by atoms with Gasteiger partial charge in [-0.05, 0) is 185 Å². The maximum Gasteiger partial charge on any atom is 0.417 e. The Morgan fingerprint density at radius 2 is 1.15 bits per heavy atom. The number of fused-ring (bicyclic) bond motifs is 14. The Kier molecular flexibility index (Phi) is 33.9. The van der Waals surface area contributed by atoms with Crippen molar-refractivity contribution in [3.63, 3.8) is 0 Å². The van der Waals surface area contributed by atoms with Gasteiger partial charge in [-0.3, -0.25) is 42.9 Å². The second kappa shape index (κ2) is 46.4. The molecule has 5 saturated heterocycles. The van der Waals surface area contributed by atoms with E-state index >= 15 is 33.6 Å². The number of phenolic OH excluding ortho intramolecular Hbond substituents is 3.